The molecule has 0 atom stereocenters. The zero-order valence-electron chi connectivity index (χ0n) is 23.0. The van der Waals surface area contributed by atoms with Gasteiger partial charge in [-0.1, -0.05) is 66.7 Å². The summed E-state index contributed by atoms with van der Waals surface area (Å²) in [5, 5.41) is 1.11. The number of nitrogens with zero attached hydrogens (tertiary/aromatic N) is 6. The Kier molecular flexibility index (Phi) is 6.01. The monoisotopic (exact) mass is 552 g/mol. The first kappa shape index (κ1) is 24.8. The maximum atomic E-state index is 5.02. The first-order chi connectivity index (χ1) is 21.3. The van der Waals surface area contributed by atoms with Crippen molar-refractivity contribution in [3.05, 3.63) is 146 Å². The maximum Gasteiger partial charge on any atom is 0.138 e. The lowest BCUT2D eigenvalue weighted by Crippen LogP contribution is -1.94. The summed E-state index contributed by atoms with van der Waals surface area (Å²) in [7, 11) is 0. The Morgan fingerprint density at radius 2 is 1.12 bits per heavy atom. The van der Waals surface area contributed by atoms with E-state index in [4.69, 9.17) is 15.0 Å². The van der Waals surface area contributed by atoms with Gasteiger partial charge in [0.1, 0.15) is 11.3 Å². The van der Waals surface area contributed by atoms with E-state index in [9.17, 15) is 0 Å². The molecular formula is C37H24N6. The molecule has 8 aromatic rings. The molecule has 0 amide bonds. The van der Waals surface area contributed by atoms with E-state index in [1.807, 2.05) is 72.8 Å². The molecule has 0 N–H and O–H groups in total. The molecular weight excluding hydrogens is 528 g/mol. The number of hydrogen-bond donors (Lipinski definition) is 0. The number of pyridine rings is 5. The highest BCUT2D eigenvalue weighted by Crippen LogP contribution is 2.35. The molecule has 0 aliphatic rings. The van der Waals surface area contributed by atoms with E-state index in [-0.39, 0.29) is 0 Å². The topological polar surface area (TPSA) is 68.9 Å². The van der Waals surface area contributed by atoms with Gasteiger partial charge < -0.3 is 0 Å². The van der Waals surface area contributed by atoms with Crippen molar-refractivity contribution < 1.29 is 0 Å². The van der Waals surface area contributed by atoms with Gasteiger partial charge in [-0.2, -0.15) is 0 Å². The molecule has 0 saturated heterocycles. The van der Waals surface area contributed by atoms with Gasteiger partial charge in [-0.05, 0) is 71.8 Å². The Morgan fingerprint density at radius 3 is 1.84 bits per heavy atom. The van der Waals surface area contributed by atoms with E-state index in [2.05, 4.69) is 75.2 Å². The lowest BCUT2D eigenvalue weighted by atomic mass is 9.99. The average molecular weight is 553 g/mol. The molecule has 8 rings (SSSR count). The fraction of sp³-hybridized carbons (Fsp3) is 0. The standard InChI is InChI=1S/C37H24N6/c1-2-10-29-26(9-1)18-19-32(40-29)36-37(43-22-8-5-13-35(43)42-36)27-16-14-25(15-17-27)28-23-33(30-11-3-6-20-38-30)41-34(24-28)31-12-4-7-21-39-31/h1-24H. The maximum absolute atomic E-state index is 5.02. The van der Waals surface area contributed by atoms with Gasteiger partial charge in [0.2, 0.25) is 0 Å². The minimum Gasteiger partial charge on any atom is -0.299 e. The number of benzene rings is 2. The largest absolute Gasteiger partial charge is 0.299 e. The average Bonchev–Trinajstić information content (AvgIpc) is 3.48. The Balaban J connectivity index is 1.25. The lowest BCUT2D eigenvalue weighted by Gasteiger charge is -2.11. The van der Waals surface area contributed by atoms with Crippen molar-refractivity contribution in [3.63, 3.8) is 0 Å². The van der Waals surface area contributed by atoms with Crippen LogP contribution >= 0.6 is 0 Å². The van der Waals surface area contributed by atoms with Crippen molar-refractivity contribution in [2.45, 2.75) is 0 Å². The molecule has 6 heteroatoms. The van der Waals surface area contributed by atoms with Crippen LogP contribution < -0.4 is 0 Å². The summed E-state index contributed by atoms with van der Waals surface area (Å²) in [4.78, 5) is 24.0. The van der Waals surface area contributed by atoms with Crippen LogP contribution in [0.1, 0.15) is 0 Å². The highest BCUT2D eigenvalue weighted by Gasteiger charge is 2.18. The van der Waals surface area contributed by atoms with Crippen molar-refractivity contribution in [2.24, 2.45) is 0 Å². The highest BCUT2D eigenvalue weighted by atomic mass is 15.0. The number of hydrogen-bond acceptors (Lipinski definition) is 5. The molecule has 0 fully saturated rings. The fourth-order valence-corrected chi connectivity index (χ4v) is 5.46. The van der Waals surface area contributed by atoms with Crippen LogP contribution in [-0.2, 0) is 0 Å². The predicted octanol–water partition coefficient (Wildman–Crippen LogP) is 8.40. The zero-order valence-corrected chi connectivity index (χ0v) is 23.0. The molecule has 0 unspecified atom stereocenters. The summed E-state index contributed by atoms with van der Waals surface area (Å²) in [5.74, 6) is 0. The third kappa shape index (κ3) is 4.61. The summed E-state index contributed by atoms with van der Waals surface area (Å²) < 4.78 is 2.13. The van der Waals surface area contributed by atoms with Gasteiger partial charge in [0.25, 0.3) is 0 Å². The van der Waals surface area contributed by atoms with E-state index in [1.54, 1.807) is 12.4 Å². The van der Waals surface area contributed by atoms with E-state index >= 15 is 0 Å². The highest BCUT2D eigenvalue weighted by molar-refractivity contribution is 5.86. The van der Waals surface area contributed by atoms with Gasteiger partial charge in [0.05, 0.1) is 39.7 Å². The van der Waals surface area contributed by atoms with Crippen LogP contribution in [0, 0.1) is 0 Å². The van der Waals surface area contributed by atoms with Crippen LogP contribution in [0.4, 0.5) is 0 Å². The van der Waals surface area contributed by atoms with Gasteiger partial charge in [0, 0.05) is 29.5 Å². The Hall–Kier alpha value is -6.01. The van der Waals surface area contributed by atoms with Gasteiger partial charge in [-0.3, -0.25) is 14.4 Å². The number of aromatic nitrogens is 6. The summed E-state index contributed by atoms with van der Waals surface area (Å²) in [6.45, 7) is 0. The molecule has 0 radical (unpaired) electrons. The third-order valence-electron chi connectivity index (χ3n) is 7.54. The second-order valence-electron chi connectivity index (χ2n) is 10.3. The van der Waals surface area contributed by atoms with Gasteiger partial charge >= 0.3 is 0 Å². The van der Waals surface area contributed by atoms with Crippen molar-refractivity contribution in [1.82, 2.24) is 29.3 Å². The zero-order chi connectivity index (χ0) is 28.6. The van der Waals surface area contributed by atoms with Crippen LogP contribution in [0.3, 0.4) is 0 Å². The molecule has 43 heavy (non-hydrogen) atoms. The van der Waals surface area contributed by atoms with Crippen LogP contribution in [0.15, 0.2) is 146 Å². The van der Waals surface area contributed by atoms with Gasteiger partial charge in [-0.15, -0.1) is 0 Å². The van der Waals surface area contributed by atoms with Gasteiger partial charge in [-0.25, -0.2) is 15.0 Å². The number of fused-ring (bicyclic) bond motifs is 2. The van der Waals surface area contributed by atoms with Crippen LogP contribution in [0.5, 0.6) is 0 Å². The second kappa shape index (κ2) is 10.4. The smallest absolute Gasteiger partial charge is 0.138 e. The normalized spacial score (nSPS) is 11.3. The Morgan fingerprint density at radius 1 is 0.442 bits per heavy atom. The first-order valence-electron chi connectivity index (χ1n) is 14.1. The van der Waals surface area contributed by atoms with Crippen molar-refractivity contribution in [2.75, 3.05) is 0 Å². The third-order valence-corrected chi connectivity index (χ3v) is 7.54. The lowest BCUT2D eigenvalue weighted by molar-refractivity contribution is 1.19. The SMILES string of the molecule is c1ccc(-c2cc(-c3ccc(-c4c(-c5ccc6ccccc6n5)nc5ccccn45)cc3)cc(-c3ccccn3)n2)nc1. The van der Waals surface area contributed by atoms with Gasteiger partial charge in [0.15, 0.2) is 0 Å². The predicted molar refractivity (Wildman–Crippen MR) is 171 cm³/mol. The number of rotatable bonds is 5. The molecule has 6 heterocycles. The quantitative estimate of drug-likeness (QED) is 0.214. The molecule has 6 aromatic heterocycles. The van der Waals surface area contributed by atoms with Crippen molar-refractivity contribution >= 4 is 16.6 Å². The molecule has 0 aliphatic heterocycles. The molecule has 0 spiro atoms. The molecule has 2 aromatic carbocycles. The van der Waals surface area contributed by atoms with Crippen LogP contribution in [0.2, 0.25) is 0 Å². The molecule has 0 saturated carbocycles. The minimum atomic E-state index is 0.800. The Labute approximate surface area is 248 Å². The molecule has 0 aliphatic carbocycles. The number of para-hydroxylation sites is 1. The molecule has 0 bridgehead atoms. The summed E-state index contributed by atoms with van der Waals surface area (Å²) >= 11 is 0. The Bertz CT molecular complexity index is 2170. The van der Waals surface area contributed by atoms with Crippen LogP contribution in [-0.4, -0.2) is 29.3 Å². The molecule has 6 nitrogen and oxygen atoms in total. The van der Waals surface area contributed by atoms with E-state index in [0.717, 1.165) is 73.1 Å². The summed E-state index contributed by atoms with van der Waals surface area (Å²) in [6.07, 6.45) is 5.63. The van der Waals surface area contributed by atoms with Crippen LogP contribution in [0.25, 0.3) is 73.1 Å². The van der Waals surface area contributed by atoms with Crippen molar-refractivity contribution in [3.8, 4) is 56.5 Å². The first-order valence-corrected chi connectivity index (χ1v) is 14.1. The van der Waals surface area contributed by atoms with E-state index in [1.165, 1.54) is 0 Å². The minimum absolute atomic E-state index is 0.800. The summed E-state index contributed by atoms with van der Waals surface area (Å²) in [6, 6.07) is 42.9. The summed E-state index contributed by atoms with van der Waals surface area (Å²) in [5.41, 5.74) is 10.9. The molecule has 202 valence electrons. The number of imidazole rings is 1. The fourth-order valence-electron chi connectivity index (χ4n) is 5.46. The van der Waals surface area contributed by atoms with E-state index < -0.39 is 0 Å². The van der Waals surface area contributed by atoms with E-state index in [0.29, 0.717) is 0 Å². The van der Waals surface area contributed by atoms with Crippen molar-refractivity contribution in [1.29, 1.82) is 0 Å². The second-order valence-corrected chi connectivity index (χ2v) is 10.3.